The number of nitrogens with one attached hydrogen (secondary N) is 1. The van der Waals surface area contributed by atoms with Gasteiger partial charge in [0.25, 0.3) is 5.91 Å². The predicted octanol–water partition coefficient (Wildman–Crippen LogP) is 2.51. The SMILES string of the molecule is CC(C)(C)ONC(=O)c1ccc(O)c(Cl)c1. The predicted molar refractivity (Wildman–Crippen MR) is 61.4 cm³/mol. The molecule has 0 bridgehead atoms. The molecule has 0 aliphatic heterocycles. The molecule has 0 aromatic heterocycles. The van der Waals surface area contributed by atoms with Crippen LogP contribution in [-0.2, 0) is 4.84 Å². The van der Waals surface area contributed by atoms with E-state index in [1.165, 1.54) is 18.2 Å². The van der Waals surface area contributed by atoms with Gasteiger partial charge in [-0.3, -0.25) is 9.63 Å². The van der Waals surface area contributed by atoms with Gasteiger partial charge in [0, 0.05) is 5.56 Å². The highest BCUT2D eigenvalue weighted by Crippen LogP contribution is 2.23. The highest BCUT2D eigenvalue weighted by molar-refractivity contribution is 6.32. The molecular formula is C11H14ClNO3. The van der Waals surface area contributed by atoms with Gasteiger partial charge in [0.05, 0.1) is 10.6 Å². The second-order valence-electron chi connectivity index (χ2n) is 4.31. The van der Waals surface area contributed by atoms with E-state index in [2.05, 4.69) is 5.48 Å². The van der Waals surface area contributed by atoms with Crippen molar-refractivity contribution >= 4 is 17.5 Å². The molecule has 0 unspecified atom stereocenters. The summed E-state index contributed by atoms with van der Waals surface area (Å²) in [6.45, 7) is 5.45. The van der Waals surface area contributed by atoms with Crippen molar-refractivity contribution in [3.05, 3.63) is 28.8 Å². The van der Waals surface area contributed by atoms with E-state index in [1.807, 2.05) is 20.8 Å². The molecule has 5 heteroatoms. The Labute approximate surface area is 99.1 Å². The molecule has 0 atom stereocenters. The number of carbonyl (C=O) groups is 1. The number of phenolic OH excluding ortho intramolecular Hbond substituents is 1. The average Bonchev–Trinajstić information content (AvgIpc) is 2.17. The van der Waals surface area contributed by atoms with Crippen LogP contribution in [0.4, 0.5) is 0 Å². The number of aromatic hydroxyl groups is 1. The van der Waals surface area contributed by atoms with Crippen molar-refractivity contribution in [1.82, 2.24) is 5.48 Å². The Morgan fingerprint density at radius 1 is 1.44 bits per heavy atom. The fourth-order valence-corrected chi connectivity index (χ4v) is 1.09. The lowest BCUT2D eigenvalue weighted by Gasteiger charge is -2.18. The first kappa shape index (κ1) is 12.8. The van der Waals surface area contributed by atoms with Crippen molar-refractivity contribution in [3.63, 3.8) is 0 Å². The van der Waals surface area contributed by atoms with Crippen molar-refractivity contribution < 1.29 is 14.7 Å². The Morgan fingerprint density at radius 3 is 2.56 bits per heavy atom. The molecule has 1 amide bonds. The van der Waals surface area contributed by atoms with E-state index in [0.717, 1.165) is 0 Å². The molecule has 0 saturated carbocycles. The Kier molecular flexibility index (Phi) is 3.78. The second kappa shape index (κ2) is 4.72. The summed E-state index contributed by atoms with van der Waals surface area (Å²) < 4.78 is 0. The van der Waals surface area contributed by atoms with Crippen LogP contribution in [0.15, 0.2) is 18.2 Å². The molecule has 0 fully saturated rings. The molecule has 0 heterocycles. The highest BCUT2D eigenvalue weighted by Gasteiger charge is 2.14. The van der Waals surface area contributed by atoms with Gasteiger partial charge < -0.3 is 5.11 Å². The van der Waals surface area contributed by atoms with E-state index in [1.54, 1.807) is 0 Å². The first-order chi connectivity index (χ1) is 7.29. The second-order valence-corrected chi connectivity index (χ2v) is 4.72. The standard InChI is InChI=1S/C11H14ClNO3/c1-11(2,3)16-13-10(15)7-4-5-9(14)8(12)6-7/h4-6,14H,1-3H3,(H,13,15). The lowest BCUT2D eigenvalue weighted by Crippen LogP contribution is -2.33. The maximum absolute atomic E-state index is 11.6. The van der Waals surface area contributed by atoms with Crippen molar-refractivity contribution in [2.45, 2.75) is 26.4 Å². The molecule has 88 valence electrons. The number of benzene rings is 1. The largest absolute Gasteiger partial charge is 0.506 e. The van der Waals surface area contributed by atoms with Gasteiger partial charge in [-0.25, -0.2) is 5.48 Å². The van der Waals surface area contributed by atoms with E-state index in [0.29, 0.717) is 5.56 Å². The Hall–Kier alpha value is -1.26. The van der Waals surface area contributed by atoms with Gasteiger partial charge in [0.15, 0.2) is 0 Å². The molecule has 2 N–H and O–H groups in total. The van der Waals surface area contributed by atoms with Gasteiger partial charge in [-0.1, -0.05) is 11.6 Å². The Morgan fingerprint density at radius 2 is 2.06 bits per heavy atom. The summed E-state index contributed by atoms with van der Waals surface area (Å²) in [5.74, 6) is -0.466. The normalized spacial score (nSPS) is 11.2. The van der Waals surface area contributed by atoms with E-state index < -0.39 is 11.5 Å². The van der Waals surface area contributed by atoms with Crippen LogP contribution in [0.2, 0.25) is 5.02 Å². The molecule has 0 aliphatic carbocycles. The monoisotopic (exact) mass is 243 g/mol. The van der Waals surface area contributed by atoms with Crippen LogP contribution in [0, 0.1) is 0 Å². The average molecular weight is 244 g/mol. The van der Waals surface area contributed by atoms with Crippen LogP contribution < -0.4 is 5.48 Å². The number of phenols is 1. The smallest absolute Gasteiger partial charge is 0.274 e. The minimum absolute atomic E-state index is 0.0602. The number of amides is 1. The molecule has 0 radical (unpaired) electrons. The quantitative estimate of drug-likeness (QED) is 0.785. The Balaban J connectivity index is 2.70. The summed E-state index contributed by atoms with van der Waals surface area (Å²) in [7, 11) is 0. The third-order valence-electron chi connectivity index (χ3n) is 1.66. The van der Waals surface area contributed by atoms with Gasteiger partial charge in [0.2, 0.25) is 0 Å². The maximum atomic E-state index is 11.6. The molecule has 4 nitrogen and oxygen atoms in total. The van der Waals surface area contributed by atoms with E-state index in [-0.39, 0.29) is 10.8 Å². The first-order valence-electron chi connectivity index (χ1n) is 4.76. The highest BCUT2D eigenvalue weighted by atomic mass is 35.5. The summed E-state index contributed by atoms with van der Waals surface area (Å²) in [6, 6.07) is 4.19. The van der Waals surface area contributed by atoms with Gasteiger partial charge in [-0.15, -0.1) is 0 Å². The summed E-state index contributed by atoms with van der Waals surface area (Å²) in [5, 5.41) is 9.32. The minimum atomic E-state index is -0.462. The lowest BCUT2D eigenvalue weighted by atomic mass is 10.2. The van der Waals surface area contributed by atoms with E-state index in [4.69, 9.17) is 16.4 Å². The Bertz CT molecular complexity index is 399. The van der Waals surface area contributed by atoms with Gasteiger partial charge >= 0.3 is 0 Å². The lowest BCUT2D eigenvalue weighted by molar-refractivity contribution is -0.0589. The number of halogens is 1. The molecular weight excluding hydrogens is 230 g/mol. The molecule has 0 spiro atoms. The number of hydroxylamine groups is 1. The summed E-state index contributed by atoms with van der Waals surface area (Å²) in [5.41, 5.74) is 2.17. The van der Waals surface area contributed by atoms with Crippen LogP contribution in [-0.4, -0.2) is 16.6 Å². The zero-order chi connectivity index (χ0) is 12.3. The van der Waals surface area contributed by atoms with Crippen molar-refractivity contribution in [3.8, 4) is 5.75 Å². The van der Waals surface area contributed by atoms with Gasteiger partial charge in [-0.05, 0) is 39.0 Å². The van der Waals surface area contributed by atoms with Crippen LogP contribution in [0.25, 0.3) is 0 Å². The van der Waals surface area contributed by atoms with Crippen LogP contribution in [0.3, 0.4) is 0 Å². The van der Waals surface area contributed by atoms with E-state index in [9.17, 15) is 9.90 Å². The zero-order valence-corrected chi connectivity index (χ0v) is 10.1. The first-order valence-corrected chi connectivity index (χ1v) is 5.14. The summed E-state index contributed by atoms with van der Waals surface area (Å²) in [4.78, 5) is 16.7. The molecule has 16 heavy (non-hydrogen) atoms. The fourth-order valence-electron chi connectivity index (χ4n) is 0.907. The summed E-state index contributed by atoms with van der Waals surface area (Å²) >= 11 is 5.68. The minimum Gasteiger partial charge on any atom is -0.506 e. The zero-order valence-electron chi connectivity index (χ0n) is 9.37. The van der Waals surface area contributed by atoms with Crippen molar-refractivity contribution in [1.29, 1.82) is 0 Å². The topological polar surface area (TPSA) is 58.6 Å². The third-order valence-corrected chi connectivity index (χ3v) is 1.96. The van der Waals surface area contributed by atoms with Gasteiger partial charge in [0.1, 0.15) is 5.75 Å². The van der Waals surface area contributed by atoms with Crippen LogP contribution >= 0.6 is 11.6 Å². The molecule has 0 aliphatic rings. The van der Waals surface area contributed by atoms with E-state index >= 15 is 0 Å². The molecule has 1 rings (SSSR count). The van der Waals surface area contributed by atoms with Crippen molar-refractivity contribution in [2.24, 2.45) is 0 Å². The fraction of sp³-hybridized carbons (Fsp3) is 0.364. The number of hydrogen-bond donors (Lipinski definition) is 2. The maximum Gasteiger partial charge on any atom is 0.274 e. The van der Waals surface area contributed by atoms with Gasteiger partial charge in [-0.2, -0.15) is 0 Å². The van der Waals surface area contributed by atoms with Crippen LogP contribution in [0.5, 0.6) is 5.75 Å². The molecule has 1 aromatic rings. The molecule has 1 aromatic carbocycles. The number of rotatable bonds is 2. The summed E-state index contributed by atoms with van der Waals surface area (Å²) in [6.07, 6.45) is 0. The van der Waals surface area contributed by atoms with Crippen LogP contribution in [0.1, 0.15) is 31.1 Å². The number of hydrogen-bond acceptors (Lipinski definition) is 3. The number of carbonyl (C=O) groups excluding carboxylic acids is 1. The van der Waals surface area contributed by atoms with Crippen molar-refractivity contribution in [2.75, 3.05) is 0 Å². The molecule has 0 saturated heterocycles. The third kappa shape index (κ3) is 3.72.